The lowest BCUT2D eigenvalue weighted by Gasteiger charge is -2.32. The molecule has 1 spiro atoms. The number of aryl methyl sites for hydroxylation is 1. The Morgan fingerprint density at radius 1 is 1.27 bits per heavy atom. The average Bonchev–Trinajstić information content (AvgIpc) is 2.60. The molecule has 1 aliphatic heterocycles. The Morgan fingerprint density at radius 3 is 2.80 bits per heavy atom. The second kappa shape index (κ2) is 3.09. The molecular weight excluding hydrogens is 184 g/mol. The molecule has 2 heteroatoms. The summed E-state index contributed by atoms with van der Waals surface area (Å²) in [5, 5.41) is 0. The molecule has 1 atom stereocenters. The van der Waals surface area contributed by atoms with Crippen LogP contribution in [0.15, 0.2) is 29.3 Å². The first-order valence-corrected chi connectivity index (χ1v) is 5.60. The SMILES string of the molecule is CN1C=NC2(CCc3ccccc3C2)C1. The molecule has 1 aromatic carbocycles. The first kappa shape index (κ1) is 8.96. The summed E-state index contributed by atoms with van der Waals surface area (Å²) < 4.78 is 0. The van der Waals surface area contributed by atoms with E-state index < -0.39 is 0 Å². The van der Waals surface area contributed by atoms with Gasteiger partial charge >= 0.3 is 0 Å². The van der Waals surface area contributed by atoms with Gasteiger partial charge in [-0.2, -0.15) is 0 Å². The van der Waals surface area contributed by atoms with E-state index in [1.165, 1.54) is 24.0 Å². The van der Waals surface area contributed by atoms with E-state index >= 15 is 0 Å². The van der Waals surface area contributed by atoms with Crippen LogP contribution in [-0.2, 0) is 12.8 Å². The van der Waals surface area contributed by atoms with Crippen LogP contribution in [0.5, 0.6) is 0 Å². The standard InChI is InChI=1S/C13H16N2/c1-15-9-13(14-10-15)7-6-11-4-2-3-5-12(11)8-13/h2-5,10H,6-9H2,1H3. The van der Waals surface area contributed by atoms with Crippen molar-refractivity contribution >= 4 is 6.34 Å². The Labute approximate surface area is 90.6 Å². The molecule has 0 fully saturated rings. The van der Waals surface area contributed by atoms with Gasteiger partial charge in [0.05, 0.1) is 11.9 Å². The van der Waals surface area contributed by atoms with Gasteiger partial charge in [-0.3, -0.25) is 4.99 Å². The Balaban J connectivity index is 1.92. The highest BCUT2D eigenvalue weighted by Gasteiger charge is 2.37. The minimum absolute atomic E-state index is 0.184. The van der Waals surface area contributed by atoms with Crippen molar-refractivity contribution in [3.8, 4) is 0 Å². The number of hydrogen-bond donors (Lipinski definition) is 0. The molecule has 0 amide bonds. The van der Waals surface area contributed by atoms with E-state index in [4.69, 9.17) is 4.99 Å². The number of aliphatic imine (C=N–C) groups is 1. The number of fused-ring (bicyclic) bond motifs is 1. The van der Waals surface area contributed by atoms with Crippen molar-refractivity contribution in [2.45, 2.75) is 24.8 Å². The maximum absolute atomic E-state index is 4.71. The smallest absolute Gasteiger partial charge is 0.0855 e. The van der Waals surface area contributed by atoms with Gasteiger partial charge in [-0.1, -0.05) is 24.3 Å². The van der Waals surface area contributed by atoms with Gasteiger partial charge in [0.15, 0.2) is 0 Å². The van der Waals surface area contributed by atoms with Crippen molar-refractivity contribution in [3.05, 3.63) is 35.4 Å². The molecule has 1 aromatic rings. The van der Waals surface area contributed by atoms with Crippen LogP contribution in [-0.4, -0.2) is 30.4 Å². The number of hydrogen-bond acceptors (Lipinski definition) is 2. The zero-order valence-electron chi connectivity index (χ0n) is 9.11. The summed E-state index contributed by atoms with van der Waals surface area (Å²) in [6.07, 6.45) is 5.49. The van der Waals surface area contributed by atoms with Gasteiger partial charge in [0.25, 0.3) is 0 Å². The van der Waals surface area contributed by atoms with Gasteiger partial charge in [-0.05, 0) is 30.4 Å². The maximum atomic E-state index is 4.71. The van der Waals surface area contributed by atoms with Crippen LogP contribution >= 0.6 is 0 Å². The van der Waals surface area contributed by atoms with Crippen molar-refractivity contribution < 1.29 is 0 Å². The zero-order chi connectivity index (χ0) is 10.3. The normalized spacial score (nSPS) is 28.5. The summed E-state index contributed by atoms with van der Waals surface area (Å²) in [7, 11) is 2.11. The van der Waals surface area contributed by atoms with Crippen molar-refractivity contribution in [2.24, 2.45) is 4.99 Å². The van der Waals surface area contributed by atoms with Crippen LogP contribution in [0.3, 0.4) is 0 Å². The predicted molar refractivity (Wildman–Crippen MR) is 62.3 cm³/mol. The van der Waals surface area contributed by atoms with E-state index in [9.17, 15) is 0 Å². The van der Waals surface area contributed by atoms with Gasteiger partial charge < -0.3 is 4.90 Å². The molecule has 1 unspecified atom stereocenters. The molecule has 0 N–H and O–H groups in total. The molecule has 0 saturated heterocycles. The second-order valence-corrected chi connectivity index (χ2v) is 4.83. The molecule has 0 bridgehead atoms. The quantitative estimate of drug-likeness (QED) is 0.624. The number of likely N-dealkylation sites (N-methyl/N-ethyl adjacent to an activating group) is 1. The summed E-state index contributed by atoms with van der Waals surface area (Å²) in [4.78, 5) is 6.91. The second-order valence-electron chi connectivity index (χ2n) is 4.83. The van der Waals surface area contributed by atoms with Crippen LogP contribution in [0.4, 0.5) is 0 Å². The maximum Gasteiger partial charge on any atom is 0.0855 e. The van der Waals surface area contributed by atoms with Gasteiger partial charge in [0.1, 0.15) is 0 Å². The first-order chi connectivity index (χ1) is 7.27. The molecule has 2 nitrogen and oxygen atoms in total. The van der Waals surface area contributed by atoms with Crippen LogP contribution in [0.1, 0.15) is 17.5 Å². The minimum Gasteiger partial charge on any atom is -0.364 e. The summed E-state index contributed by atoms with van der Waals surface area (Å²) >= 11 is 0. The number of benzene rings is 1. The largest absolute Gasteiger partial charge is 0.364 e. The van der Waals surface area contributed by atoms with Crippen LogP contribution in [0, 0.1) is 0 Å². The van der Waals surface area contributed by atoms with Crippen molar-refractivity contribution in [1.82, 2.24) is 4.90 Å². The van der Waals surface area contributed by atoms with E-state index in [1.54, 1.807) is 0 Å². The highest BCUT2D eigenvalue weighted by atomic mass is 15.2. The Bertz CT molecular complexity index is 411. The van der Waals surface area contributed by atoms with E-state index in [0.717, 1.165) is 13.0 Å². The lowest BCUT2D eigenvalue weighted by atomic mass is 9.78. The topological polar surface area (TPSA) is 15.6 Å². The lowest BCUT2D eigenvalue weighted by molar-refractivity contribution is 0.336. The van der Waals surface area contributed by atoms with Crippen molar-refractivity contribution in [1.29, 1.82) is 0 Å². The summed E-state index contributed by atoms with van der Waals surface area (Å²) in [5.41, 5.74) is 3.20. The molecule has 1 aliphatic carbocycles. The monoisotopic (exact) mass is 200 g/mol. The van der Waals surface area contributed by atoms with Crippen molar-refractivity contribution in [3.63, 3.8) is 0 Å². The fourth-order valence-corrected chi connectivity index (χ4v) is 2.80. The van der Waals surface area contributed by atoms with Crippen LogP contribution in [0.2, 0.25) is 0 Å². The van der Waals surface area contributed by atoms with E-state index in [-0.39, 0.29) is 5.54 Å². The molecule has 1 heterocycles. The Kier molecular flexibility index (Phi) is 1.84. The van der Waals surface area contributed by atoms with Crippen LogP contribution in [0.25, 0.3) is 0 Å². The third-order valence-corrected chi connectivity index (χ3v) is 3.57. The van der Waals surface area contributed by atoms with E-state index in [1.807, 2.05) is 6.34 Å². The predicted octanol–water partition coefficient (Wildman–Crippen LogP) is 1.89. The summed E-state index contributed by atoms with van der Waals surface area (Å²) in [6.45, 7) is 1.08. The summed E-state index contributed by atoms with van der Waals surface area (Å²) in [6, 6.07) is 8.79. The molecule has 0 aromatic heterocycles. The highest BCUT2D eigenvalue weighted by molar-refractivity contribution is 5.59. The third kappa shape index (κ3) is 1.44. The number of nitrogens with zero attached hydrogens (tertiary/aromatic N) is 2. The lowest BCUT2D eigenvalue weighted by Crippen LogP contribution is -2.38. The van der Waals surface area contributed by atoms with Crippen LogP contribution < -0.4 is 0 Å². The Hall–Kier alpha value is -1.31. The molecule has 3 rings (SSSR count). The van der Waals surface area contributed by atoms with Crippen molar-refractivity contribution in [2.75, 3.05) is 13.6 Å². The van der Waals surface area contributed by atoms with Gasteiger partial charge in [0.2, 0.25) is 0 Å². The van der Waals surface area contributed by atoms with E-state index in [0.29, 0.717) is 0 Å². The van der Waals surface area contributed by atoms with E-state index in [2.05, 4.69) is 36.2 Å². The molecular formula is C13H16N2. The molecule has 2 aliphatic rings. The van der Waals surface area contributed by atoms with Gasteiger partial charge in [-0.25, -0.2) is 0 Å². The molecule has 0 radical (unpaired) electrons. The average molecular weight is 200 g/mol. The molecule has 78 valence electrons. The fraction of sp³-hybridized carbons (Fsp3) is 0.462. The molecule has 0 saturated carbocycles. The minimum atomic E-state index is 0.184. The molecule has 15 heavy (non-hydrogen) atoms. The van der Waals surface area contributed by atoms with Gasteiger partial charge in [-0.15, -0.1) is 0 Å². The van der Waals surface area contributed by atoms with Gasteiger partial charge in [0, 0.05) is 13.6 Å². The Morgan fingerprint density at radius 2 is 2.07 bits per heavy atom. The zero-order valence-corrected chi connectivity index (χ0v) is 9.11. The first-order valence-electron chi connectivity index (χ1n) is 5.60. The summed E-state index contributed by atoms with van der Waals surface area (Å²) in [5.74, 6) is 0. The fourth-order valence-electron chi connectivity index (χ4n) is 2.80. The highest BCUT2D eigenvalue weighted by Crippen LogP contribution is 2.33. The third-order valence-electron chi connectivity index (χ3n) is 3.57. The number of rotatable bonds is 0.